The van der Waals surface area contributed by atoms with Gasteiger partial charge >= 0.3 is 0 Å². The summed E-state index contributed by atoms with van der Waals surface area (Å²) in [4.78, 5) is 8.43. The Morgan fingerprint density at radius 2 is 2.40 bits per heavy atom. The maximum Gasteiger partial charge on any atom is 0.204 e. The fourth-order valence-corrected chi connectivity index (χ4v) is 2.10. The minimum Gasteiger partial charge on any atom is -0.436 e. The van der Waals surface area contributed by atoms with Crippen LogP contribution in [0.3, 0.4) is 0 Å². The van der Waals surface area contributed by atoms with Gasteiger partial charge in [0.15, 0.2) is 5.42 Å². The molecule has 2 aliphatic rings. The van der Waals surface area contributed by atoms with E-state index in [1.165, 1.54) is 0 Å². The molecule has 0 unspecified atom stereocenters. The Morgan fingerprint density at radius 3 is 3.40 bits per heavy atom. The average Bonchev–Trinajstić information content (AvgIpc) is 2.90. The van der Waals surface area contributed by atoms with Crippen LogP contribution in [0.1, 0.15) is 6.42 Å². The summed E-state index contributed by atoms with van der Waals surface area (Å²) < 4.78 is 7.78. The van der Waals surface area contributed by atoms with Crippen LogP contribution in [0.5, 0.6) is 0 Å². The highest BCUT2D eigenvalue weighted by molar-refractivity contribution is 6.25. The monoisotopic (exact) mass is 197 g/mol. The van der Waals surface area contributed by atoms with Gasteiger partial charge in [-0.15, -0.1) is 0 Å². The molecule has 0 N–H and O–H groups in total. The van der Waals surface area contributed by atoms with Gasteiger partial charge in [-0.2, -0.15) is 0 Å². The predicted molar refractivity (Wildman–Crippen MR) is 57.3 cm³/mol. The van der Waals surface area contributed by atoms with E-state index < -0.39 is 0 Å². The van der Waals surface area contributed by atoms with E-state index in [1.54, 1.807) is 6.34 Å². The van der Waals surface area contributed by atoms with Crippen LogP contribution in [-0.2, 0) is 0 Å². The molecule has 0 saturated heterocycles. The fourth-order valence-electron chi connectivity index (χ4n) is 2.10. The van der Waals surface area contributed by atoms with E-state index in [4.69, 9.17) is 4.42 Å². The number of oxazole rings is 1. The molecule has 1 aliphatic heterocycles. The summed E-state index contributed by atoms with van der Waals surface area (Å²) in [6, 6.07) is 3.92. The maximum atomic E-state index is 5.74. The predicted octanol–water partition coefficient (Wildman–Crippen LogP) is 0.308. The number of hydrogen-bond acceptors (Lipinski definition) is 3. The van der Waals surface area contributed by atoms with Gasteiger partial charge in [-0.05, 0) is 6.07 Å². The molecule has 0 spiro atoms. The molecule has 4 rings (SSSR count). The molecule has 3 heterocycles. The molecule has 4 nitrogen and oxygen atoms in total. The first-order chi connectivity index (χ1) is 7.43. The van der Waals surface area contributed by atoms with Crippen LogP contribution in [0.25, 0.3) is 17.5 Å². The Labute approximate surface area is 84.6 Å². The van der Waals surface area contributed by atoms with Crippen molar-refractivity contribution in [3.05, 3.63) is 29.1 Å². The SMILES string of the molecule is C1=NC2=c3oc4cccn4c3=CCC2=N1. The summed E-state index contributed by atoms with van der Waals surface area (Å²) in [5.74, 6) is 0. The molecule has 0 radical (unpaired) electrons. The van der Waals surface area contributed by atoms with Crippen LogP contribution in [0.4, 0.5) is 0 Å². The van der Waals surface area contributed by atoms with E-state index >= 15 is 0 Å². The second-order valence-corrected chi connectivity index (χ2v) is 3.61. The molecule has 0 aromatic carbocycles. The van der Waals surface area contributed by atoms with Crippen molar-refractivity contribution >= 4 is 29.5 Å². The third kappa shape index (κ3) is 0.771. The third-order valence-corrected chi connectivity index (χ3v) is 2.79. The maximum absolute atomic E-state index is 5.74. The van der Waals surface area contributed by atoms with Gasteiger partial charge in [-0.25, -0.2) is 9.98 Å². The zero-order valence-corrected chi connectivity index (χ0v) is 7.84. The van der Waals surface area contributed by atoms with Crippen LogP contribution in [0, 0.1) is 0 Å². The van der Waals surface area contributed by atoms with E-state index in [9.17, 15) is 0 Å². The molecule has 15 heavy (non-hydrogen) atoms. The lowest BCUT2D eigenvalue weighted by molar-refractivity contribution is 0.569. The number of rotatable bonds is 0. The standard InChI is InChI=1S/C11H7N3O/c1-2-9-14(5-1)8-4-3-7-10(11(8)15-9)13-6-12-7/h1-2,4-6H,3H2. The minimum atomic E-state index is 0.829. The number of aromatic nitrogens is 1. The second kappa shape index (κ2) is 2.28. The Kier molecular flexibility index (Phi) is 1.10. The molecule has 1 aliphatic carbocycles. The Hall–Kier alpha value is -2.10. The molecular weight excluding hydrogens is 190 g/mol. The number of fused-ring (bicyclic) bond motifs is 4. The van der Waals surface area contributed by atoms with Crippen molar-refractivity contribution in [1.29, 1.82) is 0 Å². The highest BCUT2D eigenvalue weighted by Gasteiger charge is 2.18. The topological polar surface area (TPSA) is 42.3 Å². The van der Waals surface area contributed by atoms with Crippen molar-refractivity contribution in [3.8, 4) is 0 Å². The quantitative estimate of drug-likeness (QED) is 0.599. The van der Waals surface area contributed by atoms with Gasteiger partial charge in [0.2, 0.25) is 5.71 Å². The first kappa shape index (κ1) is 7.23. The molecule has 0 bridgehead atoms. The van der Waals surface area contributed by atoms with Crippen LogP contribution in [-0.4, -0.2) is 16.5 Å². The zero-order valence-electron chi connectivity index (χ0n) is 7.84. The van der Waals surface area contributed by atoms with Gasteiger partial charge in [-0.3, -0.25) is 4.40 Å². The van der Waals surface area contributed by atoms with E-state index in [0.717, 1.165) is 34.3 Å². The molecule has 72 valence electrons. The van der Waals surface area contributed by atoms with Crippen molar-refractivity contribution < 1.29 is 4.42 Å². The molecule has 2 aromatic heterocycles. The first-order valence-corrected chi connectivity index (χ1v) is 4.83. The lowest BCUT2D eigenvalue weighted by atomic mass is 10.1. The Balaban J connectivity index is 2.34. The molecule has 4 heteroatoms. The average molecular weight is 197 g/mol. The van der Waals surface area contributed by atoms with Crippen molar-refractivity contribution in [2.24, 2.45) is 9.98 Å². The summed E-state index contributed by atoms with van der Waals surface area (Å²) >= 11 is 0. The normalized spacial score (nSPS) is 17.6. The molecular formula is C11H7N3O. The van der Waals surface area contributed by atoms with Crippen molar-refractivity contribution in [1.82, 2.24) is 4.40 Å². The van der Waals surface area contributed by atoms with Gasteiger partial charge in [0, 0.05) is 18.7 Å². The summed E-state index contributed by atoms with van der Waals surface area (Å²) in [7, 11) is 0. The highest BCUT2D eigenvalue weighted by atomic mass is 16.3. The number of nitrogens with zero attached hydrogens (tertiary/aromatic N) is 3. The second-order valence-electron chi connectivity index (χ2n) is 3.61. The Morgan fingerprint density at radius 1 is 1.40 bits per heavy atom. The smallest absolute Gasteiger partial charge is 0.204 e. The van der Waals surface area contributed by atoms with Crippen molar-refractivity contribution in [2.75, 3.05) is 0 Å². The van der Waals surface area contributed by atoms with Gasteiger partial charge in [-0.1, -0.05) is 6.08 Å². The minimum absolute atomic E-state index is 0.829. The lowest BCUT2D eigenvalue weighted by Gasteiger charge is -1.99. The molecule has 0 saturated carbocycles. The van der Waals surface area contributed by atoms with Crippen LogP contribution in [0.2, 0.25) is 0 Å². The largest absolute Gasteiger partial charge is 0.436 e. The summed E-state index contributed by atoms with van der Waals surface area (Å²) in [6.45, 7) is 0. The van der Waals surface area contributed by atoms with E-state index in [2.05, 4.69) is 16.1 Å². The van der Waals surface area contributed by atoms with Crippen molar-refractivity contribution in [2.45, 2.75) is 6.42 Å². The first-order valence-electron chi connectivity index (χ1n) is 4.83. The zero-order chi connectivity index (χ0) is 9.83. The van der Waals surface area contributed by atoms with Gasteiger partial charge in [0.05, 0.1) is 11.1 Å². The lowest BCUT2D eigenvalue weighted by Crippen LogP contribution is -2.32. The molecule has 2 aromatic rings. The van der Waals surface area contributed by atoms with Gasteiger partial charge in [0.1, 0.15) is 12.0 Å². The van der Waals surface area contributed by atoms with Gasteiger partial charge < -0.3 is 4.42 Å². The van der Waals surface area contributed by atoms with Gasteiger partial charge in [0.25, 0.3) is 0 Å². The molecule has 0 atom stereocenters. The fraction of sp³-hybridized carbons (Fsp3) is 0.0909. The van der Waals surface area contributed by atoms with Crippen LogP contribution in [0.15, 0.2) is 32.7 Å². The van der Waals surface area contributed by atoms with Crippen LogP contribution >= 0.6 is 0 Å². The molecule has 0 amide bonds. The van der Waals surface area contributed by atoms with Crippen LogP contribution < -0.4 is 10.8 Å². The summed E-state index contributed by atoms with van der Waals surface area (Å²) in [6.07, 6.45) is 6.54. The Bertz CT molecular complexity index is 742. The van der Waals surface area contributed by atoms with E-state index in [1.807, 2.05) is 22.7 Å². The van der Waals surface area contributed by atoms with E-state index in [0.29, 0.717) is 0 Å². The third-order valence-electron chi connectivity index (χ3n) is 2.79. The highest BCUT2D eigenvalue weighted by Crippen LogP contribution is 2.12. The summed E-state index contributed by atoms with van der Waals surface area (Å²) in [5, 5.41) is 1.09. The molecule has 0 fully saturated rings. The number of hydrogen-bond donors (Lipinski definition) is 0. The summed E-state index contributed by atoms with van der Waals surface area (Å²) in [5.41, 5.74) is 3.58. The van der Waals surface area contributed by atoms with Crippen molar-refractivity contribution in [3.63, 3.8) is 0 Å². The van der Waals surface area contributed by atoms with E-state index in [-0.39, 0.29) is 0 Å². The number of aliphatic imine (C=N–C) groups is 2.